The molecule has 0 spiro atoms. The van der Waals surface area contributed by atoms with Gasteiger partial charge in [0, 0.05) is 5.02 Å². The molecule has 8 heteroatoms. The molecule has 116 valence electrons. The summed E-state index contributed by atoms with van der Waals surface area (Å²) >= 11 is 12.6. The zero-order chi connectivity index (χ0) is 16.0. The lowest BCUT2D eigenvalue weighted by Gasteiger charge is -2.15. The third-order valence-electron chi connectivity index (χ3n) is 3.60. The summed E-state index contributed by atoms with van der Waals surface area (Å²) in [6.45, 7) is 0. The van der Waals surface area contributed by atoms with E-state index in [9.17, 15) is 13.2 Å². The lowest BCUT2D eigenvalue weighted by Crippen LogP contribution is -2.38. The number of halogens is 2. The number of rotatable bonds is 4. The third-order valence-corrected chi connectivity index (χ3v) is 6.89. The van der Waals surface area contributed by atoms with Gasteiger partial charge < -0.3 is 0 Å². The van der Waals surface area contributed by atoms with Gasteiger partial charge >= 0.3 is 0 Å². The maximum atomic E-state index is 12.5. The Hall–Kier alpha value is -1.08. The van der Waals surface area contributed by atoms with Crippen LogP contribution >= 0.6 is 34.5 Å². The van der Waals surface area contributed by atoms with Crippen LogP contribution in [-0.2, 0) is 20.2 Å². The smallest absolute Gasteiger partial charge is 0.273 e. The summed E-state index contributed by atoms with van der Waals surface area (Å²) in [7, 11) is -3.90. The topological polar surface area (TPSA) is 63.2 Å². The van der Waals surface area contributed by atoms with E-state index in [0.29, 0.717) is 22.2 Å². The van der Waals surface area contributed by atoms with Gasteiger partial charge in [-0.3, -0.25) is 4.79 Å². The number of hydrogen-bond acceptors (Lipinski definition) is 4. The standard InChI is InChI=1S/C14H11Cl2NO3S2/c15-10-3-1-2-9(8-10)14(6-7-14)13(18)17-22(19,20)12-5-4-11(16)21-12/h1-5,8H,6-7H2,(H,17,18). The monoisotopic (exact) mass is 375 g/mol. The Kier molecular flexibility index (Phi) is 3.97. The second-order valence-corrected chi connectivity index (χ2v) is 9.15. The van der Waals surface area contributed by atoms with Crippen molar-refractivity contribution in [3.63, 3.8) is 0 Å². The van der Waals surface area contributed by atoms with E-state index >= 15 is 0 Å². The van der Waals surface area contributed by atoms with Crippen molar-refractivity contribution in [2.45, 2.75) is 22.5 Å². The Balaban J connectivity index is 1.86. The first-order valence-corrected chi connectivity index (χ1v) is 9.48. The first kappa shape index (κ1) is 15.8. The Morgan fingerprint density at radius 2 is 1.91 bits per heavy atom. The molecule has 0 atom stereocenters. The lowest BCUT2D eigenvalue weighted by atomic mass is 9.95. The minimum absolute atomic E-state index is 0.0211. The molecule has 1 aromatic heterocycles. The molecule has 1 heterocycles. The summed E-state index contributed by atoms with van der Waals surface area (Å²) in [5.74, 6) is -0.528. The van der Waals surface area contributed by atoms with Crippen LogP contribution in [0.1, 0.15) is 18.4 Å². The van der Waals surface area contributed by atoms with Crippen molar-refractivity contribution in [1.82, 2.24) is 4.72 Å². The maximum Gasteiger partial charge on any atom is 0.273 e. The number of carbonyl (C=O) groups excluding carboxylic acids is 1. The SMILES string of the molecule is O=C(NS(=O)(=O)c1ccc(Cl)s1)C1(c2cccc(Cl)c2)CC1. The Labute approximate surface area is 142 Å². The van der Waals surface area contributed by atoms with Crippen molar-refractivity contribution in [2.75, 3.05) is 0 Å². The van der Waals surface area contributed by atoms with Crippen LogP contribution in [0.3, 0.4) is 0 Å². The number of carbonyl (C=O) groups is 1. The molecule has 0 saturated heterocycles. The van der Waals surface area contributed by atoms with Crippen LogP contribution in [0.25, 0.3) is 0 Å². The Morgan fingerprint density at radius 1 is 1.18 bits per heavy atom. The number of sulfonamides is 1. The summed E-state index contributed by atoms with van der Waals surface area (Å²) < 4.78 is 27.0. The van der Waals surface area contributed by atoms with E-state index in [1.807, 2.05) is 0 Å². The van der Waals surface area contributed by atoms with E-state index in [2.05, 4.69) is 4.72 Å². The molecule has 1 aromatic carbocycles. The third kappa shape index (κ3) is 2.88. The van der Waals surface area contributed by atoms with Crippen LogP contribution in [0.5, 0.6) is 0 Å². The van der Waals surface area contributed by atoms with Gasteiger partial charge in [-0.25, -0.2) is 13.1 Å². The van der Waals surface area contributed by atoms with Crippen molar-refractivity contribution in [3.05, 3.63) is 51.3 Å². The molecule has 1 saturated carbocycles. The summed E-state index contributed by atoms with van der Waals surface area (Å²) in [5, 5.41) is 0.518. The fraction of sp³-hybridized carbons (Fsp3) is 0.214. The van der Waals surface area contributed by atoms with Crippen molar-refractivity contribution < 1.29 is 13.2 Å². The highest BCUT2D eigenvalue weighted by molar-refractivity contribution is 7.92. The van der Waals surface area contributed by atoms with Gasteiger partial charge in [-0.1, -0.05) is 35.3 Å². The zero-order valence-electron chi connectivity index (χ0n) is 11.2. The highest BCUT2D eigenvalue weighted by Gasteiger charge is 2.52. The molecular formula is C14H11Cl2NO3S2. The van der Waals surface area contributed by atoms with Crippen LogP contribution in [0, 0.1) is 0 Å². The normalized spacial score (nSPS) is 16.3. The molecule has 0 unspecified atom stereocenters. The first-order chi connectivity index (χ1) is 10.3. The highest BCUT2D eigenvalue weighted by atomic mass is 35.5. The van der Waals surface area contributed by atoms with Crippen molar-refractivity contribution in [1.29, 1.82) is 0 Å². The predicted molar refractivity (Wildman–Crippen MR) is 87.0 cm³/mol. The maximum absolute atomic E-state index is 12.5. The average molecular weight is 376 g/mol. The van der Waals surface area contributed by atoms with Crippen LogP contribution < -0.4 is 4.72 Å². The fourth-order valence-corrected chi connectivity index (χ4v) is 4.99. The molecule has 0 radical (unpaired) electrons. The molecule has 0 aliphatic heterocycles. The van der Waals surface area contributed by atoms with Gasteiger partial charge in [-0.2, -0.15) is 0 Å². The zero-order valence-corrected chi connectivity index (χ0v) is 14.3. The number of thiophene rings is 1. The molecular weight excluding hydrogens is 365 g/mol. The molecule has 2 aromatic rings. The summed E-state index contributed by atoms with van der Waals surface area (Å²) in [5.41, 5.74) is -0.0733. The number of benzene rings is 1. The van der Waals surface area contributed by atoms with E-state index in [4.69, 9.17) is 23.2 Å². The Morgan fingerprint density at radius 3 is 2.45 bits per heavy atom. The van der Waals surface area contributed by atoms with Crippen molar-refractivity contribution in [3.8, 4) is 0 Å². The molecule has 1 amide bonds. The number of nitrogens with one attached hydrogen (secondary N) is 1. The van der Waals surface area contributed by atoms with Gasteiger partial charge in [0.2, 0.25) is 5.91 Å². The summed E-state index contributed by atoms with van der Waals surface area (Å²) in [4.78, 5) is 12.5. The quantitative estimate of drug-likeness (QED) is 0.887. The van der Waals surface area contributed by atoms with Crippen molar-refractivity contribution in [2.24, 2.45) is 0 Å². The molecule has 1 N–H and O–H groups in total. The van der Waals surface area contributed by atoms with E-state index < -0.39 is 21.3 Å². The van der Waals surface area contributed by atoms with Crippen LogP contribution in [-0.4, -0.2) is 14.3 Å². The van der Waals surface area contributed by atoms with E-state index in [0.717, 1.165) is 16.9 Å². The second-order valence-electron chi connectivity index (χ2n) is 5.09. The van der Waals surface area contributed by atoms with Gasteiger partial charge in [0.15, 0.2) is 0 Å². The fourth-order valence-electron chi connectivity index (χ4n) is 2.27. The molecule has 4 nitrogen and oxygen atoms in total. The van der Waals surface area contributed by atoms with E-state index in [1.54, 1.807) is 24.3 Å². The van der Waals surface area contributed by atoms with Crippen LogP contribution in [0.4, 0.5) is 0 Å². The predicted octanol–water partition coefficient (Wildman–Crippen LogP) is 3.59. The molecule has 0 bridgehead atoms. The van der Waals surface area contributed by atoms with E-state index in [-0.39, 0.29) is 4.21 Å². The van der Waals surface area contributed by atoms with Gasteiger partial charge in [-0.15, -0.1) is 11.3 Å². The van der Waals surface area contributed by atoms with Crippen LogP contribution in [0.15, 0.2) is 40.6 Å². The minimum Gasteiger partial charge on any atom is -0.273 e. The van der Waals surface area contributed by atoms with Gasteiger partial charge in [0.1, 0.15) is 4.21 Å². The number of hydrogen-bond donors (Lipinski definition) is 1. The van der Waals surface area contributed by atoms with E-state index in [1.165, 1.54) is 12.1 Å². The minimum atomic E-state index is -3.90. The van der Waals surface area contributed by atoms with Gasteiger partial charge in [0.05, 0.1) is 9.75 Å². The lowest BCUT2D eigenvalue weighted by molar-refractivity contribution is -0.121. The summed E-state index contributed by atoms with van der Waals surface area (Å²) in [6.07, 6.45) is 1.19. The Bertz CT molecular complexity index is 841. The van der Waals surface area contributed by atoms with Crippen LogP contribution in [0.2, 0.25) is 9.36 Å². The summed E-state index contributed by atoms with van der Waals surface area (Å²) in [6, 6.07) is 9.80. The molecule has 3 rings (SSSR count). The molecule has 22 heavy (non-hydrogen) atoms. The molecule has 1 aliphatic rings. The second kappa shape index (κ2) is 5.53. The van der Waals surface area contributed by atoms with Gasteiger partial charge in [0.25, 0.3) is 10.0 Å². The number of amides is 1. The average Bonchev–Trinajstić information content (AvgIpc) is 3.15. The molecule has 1 aliphatic carbocycles. The first-order valence-electron chi connectivity index (χ1n) is 6.42. The van der Waals surface area contributed by atoms with Crippen molar-refractivity contribution >= 4 is 50.5 Å². The molecule has 1 fully saturated rings. The van der Waals surface area contributed by atoms with Gasteiger partial charge in [-0.05, 0) is 42.7 Å². The highest BCUT2D eigenvalue weighted by Crippen LogP contribution is 2.49. The largest absolute Gasteiger partial charge is 0.273 e.